The summed E-state index contributed by atoms with van der Waals surface area (Å²) in [5, 5.41) is -4.67. The maximum Gasteiger partial charge on any atom is 0.393 e. The fourth-order valence-corrected chi connectivity index (χ4v) is 1.06. The molecule has 11 heteroatoms. The normalized spacial score (nSPS) is 15.2. The Bertz CT molecular complexity index is 384. The van der Waals surface area contributed by atoms with Gasteiger partial charge in [-0.2, -0.15) is 35.1 Å². The second-order valence-corrected chi connectivity index (χ2v) is 5.40. The van der Waals surface area contributed by atoms with E-state index in [9.17, 15) is 39.9 Å². The van der Waals surface area contributed by atoms with Gasteiger partial charge in [0.05, 0.1) is 0 Å². The molecule has 0 heterocycles. The quantitative estimate of drug-likeness (QED) is 0.617. The van der Waals surface area contributed by atoms with E-state index < -0.39 is 34.6 Å². The van der Waals surface area contributed by atoms with E-state index in [2.05, 4.69) is 11.6 Å². The topological polar surface area (TPSA) is 29.1 Å². The Labute approximate surface area is 113 Å². The molecule has 0 aromatic heterocycles. The van der Waals surface area contributed by atoms with Crippen LogP contribution >= 0.6 is 11.6 Å². The number of halogens is 9. The molecule has 0 rings (SSSR count). The summed E-state index contributed by atoms with van der Waals surface area (Å²) in [6.07, 6.45) is 0. The third kappa shape index (κ3) is 3.26. The molecule has 0 unspecified atom stereocenters. The third-order valence-electron chi connectivity index (χ3n) is 1.92. The van der Waals surface area contributed by atoms with Crippen molar-refractivity contribution in [3.05, 3.63) is 0 Å². The maximum atomic E-state index is 13.1. The molecule has 0 fully saturated rings. The van der Waals surface area contributed by atoms with Crippen LogP contribution in [0.1, 0.15) is 20.8 Å². The second kappa shape index (κ2) is 4.88. The number of carbonyl (C=O) groups excluding carboxylic acids is 1. The molecule has 120 valence electrons. The van der Waals surface area contributed by atoms with Gasteiger partial charge < -0.3 is 5.32 Å². The van der Waals surface area contributed by atoms with Crippen LogP contribution in [0, 0.1) is 0 Å². The second-order valence-electron chi connectivity index (χ2n) is 4.93. The van der Waals surface area contributed by atoms with Gasteiger partial charge in [0.25, 0.3) is 5.91 Å². The predicted molar refractivity (Wildman–Crippen MR) is 53.5 cm³/mol. The number of nitrogens with one attached hydrogen (secondary N) is 1. The van der Waals surface area contributed by atoms with Crippen LogP contribution in [0.25, 0.3) is 0 Å². The molecule has 0 spiro atoms. The Kier molecular flexibility index (Phi) is 4.69. The first-order valence-electron chi connectivity index (χ1n) is 4.90. The Morgan fingerprint density at radius 1 is 0.850 bits per heavy atom. The number of carbonyl (C=O) groups is 1. The minimum Gasteiger partial charge on any atom is -0.346 e. The number of hydrogen-bond acceptors (Lipinski definition) is 1. The molecule has 2 nitrogen and oxygen atoms in total. The summed E-state index contributed by atoms with van der Waals surface area (Å²) >= 11 is 3.72. The zero-order chi connectivity index (χ0) is 16.8. The Morgan fingerprint density at radius 2 is 1.20 bits per heavy atom. The van der Waals surface area contributed by atoms with Crippen LogP contribution in [0.5, 0.6) is 0 Å². The van der Waals surface area contributed by atoms with Crippen molar-refractivity contribution in [1.29, 1.82) is 0 Å². The first-order valence-corrected chi connectivity index (χ1v) is 5.28. The third-order valence-corrected chi connectivity index (χ3v) is 2.16. The van der Waals surface area contributed by atoms with Crippen molar-refractivity contribution in [2.45, 2.75) is 49.5 Å². The summed E-state index contributed by atoms with van der Waals surface area (Å²) in [7, 11) is 0. The molecule has 0 saturated carbocycles. The van der Waals surface area contributed by atoms with Gasteiger partial charge in [-0.1, -0.05) is 0 Å². The van der Waals surface area contributed by atoms with Crippen LogP contribution < -0.4 is 5.32 Å². The van der Waals surface area contributed by atoms with Crippen molar-refractivity contribution in [3.63, 3.8) is 0 Å². The van der Waals surface area contributed by atoms with Crippen LogP contribution in [0.4, 0.5) is 35.1 Å². The summed E-state index contributed by atoms with van der Waals surface area (Å²) in [5.41, 5.74) is -1.48. The Balaban J connectivity index is 5.64. The minimum absolute atomic E-state index is 1.09. The first-order chi connectivity index (χ1) is 8.38. The molecule has 0 aliphatic rings. The molecular formula is C9H10ClF8NO. The summed E-state index contributed by atoms with van der Waals surface area (Å²) in [5.74, 6) is -22.3. The summed E-state index contributed by atoms with van der Waals surface area (Å²) in [4.78, 5) is 10.9. The van der Waals surface area contributed by atoms with E-state index in [1.54, 1.807) is 0 Å². The van der Waals surface area contributed by atoms with Gasteiger partial charge in [0.1, 0.15) is 0 Å². The highest BCUT2D eigenvalue weighted by Gasteiger charge is 2.82. The first kappa shape index (κ1) is 19.2. The molecule has 0 atom stereocenters. The molecule has 0 radical (unpaired) electrons. The van der Waals surface area contributed by atoms with E-state index in [0.29, 0.717) is 0 Å². The van der Waals surface area contributed by atoms with Crippen LogP contribution in [-0.2, 0) is 4.79 Å². The van der Waals surface area contributed by atoms with Crippen LogP contribution in [-0.4, -0.2) is 34.6 Å². The van der Waals surface area contributed by atoms with Gasteiger partial charge in [0, 0.05) is 5.54 Å². The average molecular weight is 336 g/mol. The van der Waals surface area contributed by atoms with Gasteiger partial charge in [0.15, 0.2) is 0 Å². The molecule has 0 bridgehead atoms. The minimum atomic E-state index is -6.69. The fourth-order valence-electron chi connectivity index (χ4n) is 0.937. The van der Waals surface area contributed by atoms with Crippen molar-refractivity contribution in [2.75, 3.05) is 0 Å². The Hall–Kier alpha value is -0.800. The van der Waals surface area contributed by atoms with E-state index in [1.807, 2.05) is 0 Å². The number of hydrogen-bond donors (Lipinski definition) is 1. The van der Waals surface area contributed by atoms with Crippen LogP contribution in [0.2, 0.25) is 0 Å². The number of rotatable bonds is 4. The van der Waals surface area contributed by atoms with E-state index in [1.165, 1.54) is 5.32 Å². The zero-order valence-electron chi connectivity index (χ0n) is 10.3. The summed E-state index contributed by atoms with van der Waals surface area (Å²) in [6, 6.07) is 0. The lowest BCUT2D eigenvalue weighted by atomic mass is 10.0. The van der Waals surface area contributed by atoms with Crippen molar-refractivity contribution < 1.29 is 39.9 Å². The lowest BCUT2D eigenvalue weighted by Crippen LogP contribution is -2.66. The van der Waals surface area contributed by atoms with E-state index in [-0.39, 0.29) is 0 Å². The number of alkyl halides is 9. The van der Waals surface area contributed by atoms with Gasteiger partial charge in [-0.3, -0.25) is 4.79 Å². The highest BCUT2D eigenvalue weighted by molar-refractivity contribution is 6.22. The lowest BCUT2D eigenvalue weighted by Gasteiger charge is -2.34. The monoisotopic (exact) mass is 335 g/mol. The molecule has 1 amide bonds. The molecule has 0 aromatic rings. The fraction of sp³-hybridized carbons (Fsp3) is 0.889. The zero-order valence-corrected chi connectivity index (χ0v) is 11.1. The molecule has 0 aliphatic heterocycles. The highest BCUT2D eigenvalue weighted by Crippen LogP contribution is 2.54. The average Bonchev–Trinajstić information content (AvgIpc) is 2.12. The lowest BCUT2D eigenvalue weighted by molar-refractivity contribution is -0.338. The largest absolute Gasteiger partial charge is 0.393 e. The molecule has 0 aliphatic carbocycles. The van der Waals surface area contributed by atoms with Crippen molar-refractivity contribution in [1.82, 2.24) is 5.32 Å². The Morgan fingerprint density at radius 3 is 1.45 bits per heavy atom. The maximum absolute atomic E-state index is 13.1. The summed E-state index contributed by atoms with van der Waals surface area (Å²) < 4.78 is 102. The molecule has 1 N–H and O–H groups in total. The van der Waals surface area contributed by atoms with Gasteiger partial charge in [-0.25, -0.2) is 0 Å². The van der Waals surface area contributed by atoms with E-state index in [4.69, 9.17) is 0 Å². The smallest absolute Gasteiger partial charge is 0.346 e. The van der Waals surface area contributed by atoms with Gasteiger partial charge in [-0.15, -0.1) is 0 Å². The van der Waals surface area contributed by atoms with E-state index >= 15 is 0 Å². The molecule has 0 saturated heterocycles. The number of amides is 1. The molecule has 0 aromatic carbocycles. The predicted octanol–water partition coefficient (Wildman–Crippen LogP) is 3.64. The van der Waals surface area contributed by atoms with Crippen LogP contribution in [0.3, 0.4) is 0 Å². The SMILES string of the molecule is CC(C)(C)NC(=O)C(F)(F)C(F)(F)C(F)(F)C(F)(F)Cl. The summed E-state index contributed by atoms with van der Waals surface area (Å²) in [6.45, 7) is 3.27. The van der Waals surface area contributed by atoms with Crippen LogP contribution in [0.15, 0.2) is 0 Å². The standard InChI is InChI=1S/C9H10ClF8NO/c1-5(2,3)19-4(20)6(11,12)7(13,14)8(15,16)9(10,17)18/h1-3H3,(H,19,20). The van der Waals surface area contributed by atoms with Crippen molar-refractivity contribution in [3.8, 4) is 0 Å². The molecular weight excluding hydrogens is 326 g/mol. The van der Waals surface area contributed by atoms with Gasteiger partial charge in [-0.05, 0) is 32.4 Å². The molecule has 20 heavy (non-hydrogen) atoms. The van der Waals surface area contributed by atoms with Gasteiger partial charge >= 0.3 is 23.1 Å². The van der Waals surface area contributed by atoms with Gasteiger partial charge in [0.2, 0.25) is 0 Å². The highest BCUT2D eigenvalue weighted by atomic mass is 35.5. The van der Waals surface area contributed by atoms with Crippen molar-refractivity contribution >= 4 is 17.5 Å². The van der Waals surface area contributed by atoms with Crippen molar-refractivity contribution in [2.24, 2.45) is 0 Å². The van der Waals surface area contributed by atoms with E-state index in [0.717, 1.165) is 20.8 Å².